The second kappa shape index (κ2) is 6.84. The fraction of sp³-hybridized carbons (Fsp3) is 0.806. The van der Waals surface area contributed by atoms with Crippen molar-refractivity contribution in [2.45, 2.75) is 112 Å². The second-order valence-electron chi connectivity index (χ2n) is 15.3. The molecule has 5 aliphatic rings. The average Bonchev–Trinajstić information content (AvgIpc) is 3.22. The van der Waals surface area contributed by atoms with Crippen molar-refractivity contribution in [1.82, 2.24) is 10.2 Å². The molecule has 6 rings (SSSR count). The van der Waals surface area contributed by atoms with E-state index in [1.807, 2.05) is 0 Å². The molecule has 0 unspecified atom stereocenters. The average molecular weight is 479 g/mol. The number of aliphatic carboxylic acids is 1. The lowest BCUT2D eigenvalue weighted by atomic mass is 9.33. The minimum Gasteiger partial charge on any atom is -0.481 e. The highest BCUT2D eigenvalue weighted by Gasteiger charge is 2.69. The Labute approximate surface area is 211 Å². The number of hydrogen-bond donors (Lipinski definition) is 2. The largest absolute Gasteiger partial charge is 0.481 e. The molecule has 4 heteroatoms. The predicted octanol–water partition coefficient (Wildman–Crippen LogP) is 7.31. The Morgan fingerprint density at radius 2 is 1.71 bits per heavy atom. The van der Waals surface area contributed by atoms with E-state index in [-0.39, 0.29) is 33.0 Å². The second-order valence-corrected chi connectivity index (χ2v) is 15.3. The lowest BCUT2D eigenvalue weighted by Crippen LogP contribution is -2.64. The first kappa shape index (κ1) is 23.8. The van der Waals surface area contributed by atoms with E-state index in [1.165, 1.54) is 29.7 Å². The van der Waals surface area contributed by atoms with Crippen LogP contribution in [0, 0.1) is 44.8 Å². The van der Waals surface area contributed by atoms with Gasteiger partial charge in [-0.3, -0.25) is 9.89 Å². The zero-order valence-corrected chi connectivity index (χ0v) is 23.1. The van der Waals surface area contributed by atoms with Gasteiger partial charge in [0.2, 0.25) is 0 Å². The molecule has 0 spiro atoms. The molecule has 4 nitrogen and oxygen atoms in total. The minimum absolute atomic E-state index is 0.0851. The fourth-order valence-electron chi connectivity index (χ4n) is 11.0. The number of aromatic nitrogens is 2. The van der Waals surface area contributed by atoms with Crippen molar-refractivity contribution in [3.8, 4) is 0 Å². The van der Waals surface area contributed by atoms with Crippen LogP contribution in [0.15, 0.2) is 17.8 Å². The van der Waals surface area contributed by atoms with Crippen LogP contribution in [0.1, 0.15) is 111 Å². The molecule has 1 aromatic rings. The summed E-state index contributed by atoms with van der Waals surface area (Å²) in [7, 11) is 0. The predicted molar refractivity (Wildman–Crippen MR) is 139 cm³/mol. The minimum atomic E-state index is -0.552. The van der Waals surface area contributed by atoms with Crippen molar-refractivity contribution >= 4 is 5.97 Å². The van der Waals surface area contributed by atoms with Gasteiger partial charge in [-0.2, -0.15) is 5.10 Å². The number of hydrogen-bond acceptors (Lipinski definition) is 2. The summed E-state index contributed by atoms with van der Waals surface area (Å²) in [6, 6.07) is 0. The Kier molecular flexibility index (Phi) is 4.65. The summed E-state index contributed by atoms with van der Waals surface area (Å²) >= 11 is 0. The van der Waals surface area contributed by atoms with Gasteiger partial charge in [-0.15, -0.1) is 0 Å². The third-order valence-corrected chi connectivity index (χ3v) is 13.1. The molecule has 0 aromatic carbocycles. The molecule has 0 amide bonds. The number of allylic oxidation sites excluding steroid dienone is 2. The molecule has 1 heterocycles. The number of carboxylic acid groups (broad SMARTS) is 1. The fourth-order valence-corrected chi connectivity index (χ4v) is 11.0. The molecule has 7 atom stereocenters. The van der Waals surface area contributed by atoms with Crippen molar-refractivity contribution in [1.29, 1.82) is 0 Å². The summed E-state index contributed by atoms with van der Waals surface area (Å²) in [4.78, 5) is 12.8. The third-order valence-electron chi connectivity index (χ3n) is 13.1. The molecule has 0 saturated heterocycles. The molecule has 3 fully saturated rings. The molecule has 0 radical (unpaired) electrons. The van der Waals surface area contributed by atoms with Crippen LogP contribution in [-0.4, -0.2) is 21.3 Å². The van der Waals surface area contributed by atoms with Gasteiger partial charge < -0.3 is 5.11 Å². The first-order valence-electron chi connectivity index (χ1n) is 14.2. The summed E-state index contributed by atoms with van der Waals surface area (Å²) in [5.41, 5.74) is 4.58. The van der Waals surface area contributed by atoms with E-state index in [0.717, 1.165) is 44.9 Å². The van der Waals surface area contributed by atoms with Crippen molar-refractivity contribution in [3.63, 3.8) is 0 Å². The number of H-pyrrole nitrogens is 1. The maximum Gasteiger partial charge on any atom is 0.310 e. The highest BCUT2D eigenvalue weighted by molar-refractivity contribution is 5.76. The van der Waals surface area contributed by atoms with Crippen molar-refractivity contribution < 1.29 is 9.90 Å². The van der Waals surface area contributed by atoms with Crippen LogP contribution in [0.5, 0.6) is 0 Å². The molecule has 0 bridgehead atoms. The Balaban J connectivity index is 1.47. The molecular weight excluding hydrogens is 432 g/mol. The molecule has 192 valence electrons. The maximum absolute atomic E-state index is 12.8. The Bertz CT molecular complexity index is 1110. The van der Waals surface area contributed by atoms with Gasteiger partial charge in [0.25, 0.3) is 0 Å². The van der Waals surface area contributed by atoms with E-state index in [4.69, 9.17) is 0 Å². The molecule has 0 aliphatic heterocycles. The third kappa shape index (κ3) is 2.75. The standard InChI is InChI=1S/C31H46N2O2/c1-26(2)12-14-31(25(34)35)15-13-29(6)20(21(31)17-26)8-9-23-28(5)16-19-18-32-33-24(19)27(3,4)22(28)10-11-30(23,29)7/h8,18,21-23H,9-17H2,1-7H3,(H,32,33)(H,34,35)/t21-,22+,23+,28-,29+,30+,31-/m0/s1. The quantitative estimate of drug-likeness (QED) is 0.416. The van der Waals surface area contributed by atoms with Crippen molar-refractivity contribution in [2.75, 3.05) is 0 Å². The summed E-state index contributed by atoms with van der Waals surface area (Å²) in [6.45, 7) is 17.3. The highest BCUT2D eigenvalue weighted by Crippen LogP contribution is 2.75. The number of nitrogens with one attached hydrogen (secondary N) is 1. The first-order valence-corrected chi connectivity index (χ1v) is 14.2. The van der Waals surface area contributed by atoms with E-state index in [9.17, 15) is 9.90 Å². The van der Waals surface area contributed by atoms with E-state index in [0.29, 0.717) is 11.8 Å². The number of fused-ring (bicyclic) bond motifs is 8. The van der Waals surface area contributed by atoms with Gasteiger partial charge in [0, 0.05) is 11.1 Å². The maximum atomic E-state index is 12.8. The highest BCUT2D eigenvalue weighted by atomic mass is 16.4. The van der Waals surface area contributed by atoms with Crippen molar-refractivity contribution in [3.05, 3.63) is 29.1 Å². The number of rotatable bonds is 1. The van der Waals surface area contributed by atoms with Gasteiger partial charge in [0.05, 0.1) is 11.6 Å². The van der Waals surface area contributed by atoms with E-state index < -0.39 is 11.4 Å². The summed E-state index contributed by atoms with van der Waals surface area (Å²) in [5.74, 6) is 0.896. The lowest BCUT2D eigenvalue weighted by Gasteiger charge is -2.70. The Morgan fingerprint density at radius 3 is 2.43 bits per heavy atom. The van der Waals surface area contributed by atoms with Gasteiger partial charge in [0.1, 0.15) is 0 Å². The zero-order chi connectivity index (χ0) is 25.2. The number of nitrogens with zero attached hydrogens (tertiary/aromatic N) is 1. The lowest BCUT2D eigenvalue weighted by molar-refractivity contribution is -0.177. The van der Waals surface area contributed by atoms with Crippen LogP contribution in [0.3, 0.4) is 0 Å². The summed E-state index contributed by atoms with van der Waals surface area (Å²) in [6.07, 6.45) is 14.1. The summed E-state index contributed by atoms with van der Waals surface area (Å²) < 4.78 is 0. The summed E-state index contributed by atoms with van der Waals surface area (Å²) in [5, 5.41) is 18.4. The van der Waals surface area contributed by atoms with Crippen molar-refractivity contribution in [2.24, 2.45) is 44.8 Å². The van der Waals surface area contributed by atoms with E-state index in [2.05, 4.69) is 70.9 Å². The monoisotopic (exact) mass is 478 g/mol. The molecular formula is C31H46N2O2. The van der Waals surface area contributed by atoms with Crippen LogP contribution >= 0.6 is 0 Å². The topological polar surface area (TPSA) is 66.0 Å². The smallest absolute Gasteiger partial charge is 0.310 e. The van der Waals surface area contributed by atoms with E-state index >= 15 is 0 Å². The molecule has 35 heavy (non-hydrogen) atoms. The Hall–Kier alpha value is -1.58. The molecule has 3 saturated carbocycles. The molecule has 1 aromatic heterocycles. The van der Waals surface area contributed by atoms with Gasteiger partial charge in [-0.05, 0) is 103 Å². The van der Waals surface area contributed by atoms with Crippen LogP contribution in [0.25, 0.3) is 0 Å². The van der Waals surface area contributed by atoms with Crippen LogP contribution in [0.2, 0.25) is 0 Å². The van der Waals surface area contributed by atoms with Crippen LogP contribution in [-0.2, 0) is 16.6 Å². The SMILES string of the molecule is CC1(C)CC[C@]2(C(=O)O)CC[C@]3(C)C(=CC[C@@H]4[C@@]5(C)Cc6cn[nH]c6C(C)(C)[C@H]5CC[C@]43C)[C@@H]2C1. The van der Waals surface area contributed by atoms with Gasteiger partial charge in [-0.1, -0.05) is 60.1 Å². The molecule has 5 aliphatic carbocycles. The zero-order valence-electron chi connectivity index (χ0n) is 23.1. The van der Waals surface area contributed by atoms with Gasteiger partial charge in [0.15, 0.2) is 0 Å². The van der Waals surface area contributed by atoms with E-state index in [1.54, 1.807) is 0 Å². The normalized spacial score (nSPS) is 47.3. The van der Waals surface area contributed by atoms with Crippen LogP contribution in [0.4, 0.5) is 0 Å². The number of aromatic amines is 1. The van der Waals surface area contributed by atoms with Gasteiger partial charge in [-0.25, -0.2) is 0 Å². The van der Waals surface area contributed by atoms with Gasteiger partial charge >= 0.3 is 5.97 Å². The number of carboxylic acids is 1. The Morgan fingerprint density at radius 1 is 1.00 bits per heavy atom. The number of carbonyl (C=O) groups is 1. The first-order chi connectivity index (χ1) is 16.2. The molecule has 2 N–H and O–H groups in total. The van der Waals surface area contributed by atoms with Crippen LogP contribution < -0.4 is 0 Å².